The van der Waals surface area contributed by atoms with Gasteiger partial charge in [-0.1, -0.05) is 27.2 Å². The van der Waals surface area contributed by atoms with Crippen molar-refractivity contribution in [1.82, 2.24) is 9.97 Å². The molecule has 0 aromatic carbocycles. The van der Waals surface area contributed by atoms with E-state index < -0.39 is 0 Å². The number of fused-ring (bicyclic) bond motifs is 1. The van der Waals surface area contributed by atoms with E-state index in [1.54, 1.807) is 0 Å². The average Bonchev–Trinajstić information content (AvgIpc) is 2.85. The third kappa shape index (κ3) is 2.67. The SMILES string of the molecule is CC(C)(C)c1cc2cc[nH]c2nc1OC1CCCCC1. The number of nitrogens with zero attached hydrogens (tertiary/aromatic N) is 1. The molecule has 20 heavy (non-hydrogen) atoms. The summed E-state index contributed by atoms with van der Waals surface area (Å²) in [7, 11) is 0. The number of rotatable bonds is 2. The van der Waals surface area contributed by atoms with Gasteiger partial charge in [-0.2, -0.15) is 4.98 Å². The Kier molecular flexibility index (Phi) is 3.45. The van der Waals surface area contributed by atoms with Crippen molar-refractivity contribution in [3.63, 3.8) is 0 Å². The van der Waals surface area contributed by atoms with Crippen LogP contribution in [0.2, 0.25) is 0 Å². The molecule has 3 heteroatoms. The number of ether oxygens (including phenoxy) is 1. The van der Waals surface area contributed by atoms with Gasteiger partial charge in [-0.05, 0) is 43.2 Å². The lowest BCUT2D eigenvalue weighted by Gasteiger charge is -2.27. The summed E-state index contributed by atoms with van der Waals surface area (Å²) >= 11 is 0. The summed E-state index contributed by atoms with van der Waals surface area (Å²) < 4.78 is 6.26. The normalized spacial score (nSPS) is 17.6. The predicted octanol–water partition coefficient (Wildman–Crippen LogP) is 4.57. The van der Waals surface area contributed by atoms with Crippen LogP contribution in [0.1, 0.15) is 58.4 Å². The molecule has 0 saturated heterocycles. The molecule has 0 radical (unpaired) electrons. The molecule has 1 saturated carbocycles. The molecule has 1 fully saturated rings. The number of H-pyrrole nitrogens is 1. The van der Waals surface area contributed by atoms with Crippen LogP contribution >= 0.6 is 0 Å². The fourth-order valence-corrected chi connectivity index (χ4v) is 2.93. The third-order valence-electron chi connectivity index (χ3n) is 4.14. The highest BCUT2D eigenvalue weighted by molar-refractivity contribution is 5.77. The summed E-state index contributed by atoms with van der Waals surface area (Å²) in [6.45, 7) is 6.66. The van der Waals surface area contributed by atoms with Gasteiger partial charge < -0.3 is 9.72 Å². The Labute approximate surface area is 120 Å². The van der Waals surface area contributed by atoms with Gasteiger partial charge >= 0.3 is 0 Å². The van der Waals surface area contributed by atoms with Crippen molar-refractivity contribution in [2.45, 2.75) is 64.4 Å². The zero-order valence-electron chi connectivity index (χ0n) is 12.7. The minimum Gasteiger partial charge on any atom is -0.474 e. The van der Waals surface area contributed by atoms with Gasteiger partial charge in [0.05, 0.1) is 0 Å². The van der Waals surface area contributed by atoms with Gasteiger partial charge in [-0.25, -0.2) is 0 Å². The molecule has 108 valence electrons. The van der Waals surface area contributed by atoms with E-state index in [1.165, 1.54) is 24.8 Å². The van der Waals surface area contributed by atoms with Crippen molar-refractivity contribution in [3.05, 3.63) is 23.9 Å². The molecule has 2 aromatic rings. The first kappa shape index (κ1) is 13.5. The topological polar surface area (TPSA) is 37.9 Å². The van der Waals surface area contributed by atoms with Crippen LogP contribution in [0, 0.1) is 0 Å². The van der Waals surface area contributed by atoms with Crippen LogP contribution in [-0.4, -0.2) is 16.1 Å². The molecule has 3 rings (SSSR count). The van der Waals surface area contributed by atoms with E-state index in [0.717, 1.165) is 29.8 Å². The van der Waals surface area contributed by atoms with Crippen molar-refractivity contribution in [3.8, 4) is 5.88 Å². The maximum absolute atomic E-state index is 6.26. The van der Waals surface area contributed by atoms with E-state index >= 15 is 0 Å². The predicted molar refractivity (Wildman–Crippen MR) is 82.3 cm³/mol. The molecule has 0 aliphatic heterocycles. The molecule has 3 nitrogen and oxygen atoms in total. The maximum Gasteiger partial charge on any atom is 0.219 e. The lowest BCUT2D eigenvalue weighted by atomic mass is 9.87. The zero-order chi connectivity index (χ0) is 14.2. The van der Waals surface area contributed by atoms with Crippen LogP contribution in [0.3, 0.4) is 0 Å². The standard InChI is InChI=1S/C17H24N2O/c1-17(2,3)14-11-12-9-10-18-15(12)19-16(14)20-13-7-5-4-6-8-13/h9-11,13H,4-8H2,1-3H3,(H,18,19). The second-order valence-corrected chi connectivity index (χ2v) is 6.88. The van der Waals surface area contributed by atoms with Gasteiger partial charge in [-0.3, -0.25) is 0 Å². The monoisotopic (exact) mass is 272 g/mol. The number of aromatic nitrogens is 2. The Morgan fingerprint density at radius 3 is 2.65 bits per heavy atom. The van der Waals surface area contributed by atoms with Gasteiger partial charge in [0.25, 0.3) is 0 Å². The molecule has 1 N–H and O–H groups in total. The highest BCUT2D eigenvalue weighted by Gasteiger charge is 2.24. The van der Waals surface area contributed by atoms with Crippen molar-refractivity contribution >= 4 is 11.0 Å². The Morgan fingerprint density at radius 1 is 1.20 bits per heavy atom. The molecule has 2 heterocycles. The highest BCUT2D eigenvalue weighted by Crippen LogP contribution is 2.34. The first-order valence-electron chi connectivity index (χ1n) is 7.69. The van der Waals surface area contributed by atoms with Crippen molar-refractivity contribution in [1.29, 1.82) is 0 Å². The van der Waals surface area contributed by atoms with E-state index in [0.29, 0.717) is 6.10 Å². The van der Waals surface area contributed by atoms with E-state index in [1.807, 2.05) is 6.20 Å². The number of aromatic amines is 1. The molecule has 2 aromatic heterocycles. The minimum atomic E-state index is 0.0441. The largest absolute Gasteiger partial charge is 0.474 e. The third-order valence-corrected chi connectivity index (χ3v) is 4.14. The van der Waals surface area contributed by atoms with E-state index in [4.69, 9.17) is 9.72 Å². The summed E-state index contributed by atoms with van der Waals surface area (Å²) in [5, 5.41) is 1.16. The van der Waals surface area contributed by atoms with Crippen LogP contribution in [-0.2, 0) is 5.41 Å². The summed E-state index contributed by atoms with van der Waals surface area (Å²) in [4.78, 5) is 7.90. The summed E-state index contributed by atoms with van der Waals surface area (Å²) in [5.41, 5.74) is 2.17. The maximum atomic E-state index is 6.26. The van der Waals surface area contributed by atoms with Gasteiger partial charge in [-0.15, -0.1) is 0 Å². The molecule has 0 bridgehead atoms. The van der Waals surface area contributed by atoms with Crippen LogP contribution < -0.4 is 4.74 Å². The Balaban J connectivity index is 1.97. The molecule has 1 aliphatic rings. The number of pyridine rings is 1. The molecule has 0 unspecified atom stereocenters. The van der Waals surface area contributed by atoms with Gasteiger partial charge in [0.15, 0.2) is 0 Å². The number of hydrogen-bond acceptors (Lipinski definition) is 2. The van der Waals surface area contributed by atoms with Gasteiger partial charge in [0.2, 0.25) is 5.88 Å². The smallest absolute Gasteiger partial charge is 0.219 e. The van der Waals surface area contributed by atoms with Crippen LogP contribution in [0.15, 0.2) is 18.3 Å². The van der Waals surface area contributed by atoms with Crippen molar-refractivity contribution in [2.75, 3.05) is 0 Å². The Hall–Kier alpha value is -1.51. The fraction of sp³-hybridized carbons (Fsp3) is 0.588. The minimum absolute atomic E-state index is 0.0441. The molecular formula is C17H24N2O. The number of hydrogen-bond donors (Lipinski definition) is 1. The molecule has 1 aliphatic carbocycles. The fourth-order valence-electron chi connectivity index (χ4n) is 2.93. The van der Waals surface area contributed by atoms with Gasteiger partial charge in [0, 0.05) is 17.1 Å². The van der Waals surface area contributed by atoms with E-state index in [-0.39, 0.29) is 5.41 Å². The molecule has 0 spiro atoms. The van der Waals surface area contributed by atoms with E-state index in [9.17, 15) is 0 Å². The zero-order valence-corrected chi connectivity index (χ0v) is 12.7. The first-order valence-corrected chi connectivity index (χ1v) is 7.69. The highest BCUT2D eigenvalue weighted by atomic mass is 16.5. The Bertz CT molecular complexity index is 589. The number of nitrogens with one attached hydrogen (secondary N) is 1. The first-order chi connectivity index (χ1) is 9.54. The summed E-state index contributed by atoms with van der Waals surface area (Å²) in [5.74, 6) is 0.819. The molecule has 0 amide bonds. The van der Waals surface area contributed by atoms with Crippen LogP contribution in [0.4, 0.5) is 0 Å². The quantitative estimate of drug-likeness (QED) is 0.869. The van der Waals surface area contributed by atoms with Crippen molar-refractivity contribution in [2.24, 2.45) is 0 Å². The van der Waals surface area contributed by atoms with Crippen molar-refractivity contribution < 1.29 is 4.74 Å². The second-order valence-electron chi connectivity index (χ2n) is 6.88. The molecular weight excluding hydrogens is 248 g/mol. The summed E-state index contributed by atoms with van der Waals surface area (Å²) in [6.07, 6.45) is 8.50. The second kappa shape index (κ2) is 5.12. The summed E-state index contributed by atoms with van der Waals surface area (Å²) in [6, 6.07) is 4.29. The van der Waals surface area contributed by atoms with E-state index in [2.05, 4.69) is 37.9 Å². The van der Waals surface area contributed by atoms with Crippen LogP contribution in [0.5, 0.6) is 5.88 Å². The lowest BCUT2D eigenvalue weighted by Crippen LogP contribution is -2.23. The average molecular weight is 272 g/mol. The lowest BCUT2D eigenvalue weighted by molar-refractivity contribution is 0.146. The van der Waals surface area contributed by atoms with Gasteiger partial charge in [0.1, 0.15) is 11.8 Å². The van der Waals surface area contributed by atoms with Crippen LogP contribution in [0.25, 0.3) is 11.0 Å². The Morgan fingerprint density at radius 2 is 1.95 bits per heavy atom. The molecule has 0 atom stereocenters.